The number of nitrogens with one attached hydrogen (secondary N) is 1. The first-order chi connectivity index (χ1) is 18.1. The molecule has 1 N–H and O–H groups in total. The minimum absolute atomic E-state index is 0.963. The minimum Gasteiger partial charge on any atom is -0.353 e. The molecule has 0 amide bonds. The summed E-state index contributed by atoms with van der Waals surface area (Å²) in [6.45, 7) is 4.12. The summed E-state index contributed by atoms with van der Waals surface area (Å²) in [5.74, 6) is 0. The second-order valence-electron chi connectivity index (χ2n) is 10.0. The van der Waals surface area contributed by atoms with Crippen LogP contribution in [-0.4, -0.2) is 16.4 Å². The first kappa shape index (κ1) is 21.8. The molecule has 0 unspecified atom stereocenters. The Morgan fingerprint density at radius 1 is 0.514 bits per heavy atom. The first-order valence-corrected chi connectivity index (χ1v) is 12.9. The van der Waals surface area contributed by atoms with Crippen LogP contribution in [0, 0.1) is 0 Å². The molecule has 0 fully saturated rings. The third-order valence-electron chi connectivity index (χ3n) is 7.61. The predicted molar refractivity (Wildman–Crippen MR) is 154 cm³/mol. The molecule has 3 nitrogen and oxygen atoms in total. The van der Waals surface area contributed by atoms with Gasteiger partial charge < -0.3 is 4.98 Å². The third kappa shape index (κ3) is 3.84. The summed E-state index contributed by atoms with van der Waals surface area (Å²) in [5.41, 5.74) is 16.8. The molecule has 0 saturated heterocycles. The Morgan fingerprint density at radius 2 is 0.946 bits per heavy atom. The van der Waals surface area contributed by atoms with Crippen LogP contribution in [0.1, 0.15) is 47.5 Å². The zero-order chi connectivity index (χ0) is 24.9. The van der Waals surface area contributed by atoms with Gasteiger partial charge >= 0.3 is 0 Å². The smallest absolute Gasteiger partial charge is 0.0637 e. The van der Waals surface area contributed by atoms with Gasteiger partial charge in [0.1, 0.15) is 0 Å². The number of benzene rings is 4. The number of aliphatic imine (C=N–C) groups is 2. The molecular formula is C34H27N3. The lowest BCUT2D eigenvalue weighted by molar-refractivity contribution is 1.25. The summed E-state index contributed by atoms with van der Waals surface area (Å²) in [6, 6.07) is 34.6. The number of hydrogen-bond acceptors (Lipinski definition) is 2. The van der Waals surface area contributed by atoms with E-state index in [2.05, 4.69) is 116 Å². The molecule has 2 aliphatic carbocycles. The average molecular weight is 478 g/mol. The number of hydrogen-bond donors (Lipinski definition) is 1. The summed E-state index contributed by atoms with van der Waals surface area (Å²) < 4.78 is 0. The van der Waals surface area contributed by atoms with E-state index >= 15 is 0 Å². The summed E-state index contributed by atoms with van der Waals surface area (Å²) in [5, 5.41) is 0. The van der Waals surface area contributed by atoms with Crippen molar-refractivity contribution in [2.75, 3.05) is 0 Å². The monoisotopic (exact) mass is 477 g/mol. The number of nitrogens with zero attached hydrogens (tertiary/aromatic N) is 2. The van der Waals surface area contributed by atoms with Gasteiger partial charge in [-0.1, -0.05) is 60.7 Å². The molecule has 178 valence electrons. The van der Waals surface area contributed by atoms with Crippen molar-refractivity contribution >= 4 is 22.8 Å². The van der Waals surface area contributed by atoms with Crippen molar-refractivity contribution in [1.82, 2.24) is 4.98 Å². The van der Waals surface area contributed by atoms with Gasteiger partial charge in [0.2, 0.25) is 0 Å². The van der Waals surface area contributed by atoms with Gasteiger partial charge in [0.05, 0.1) is 34.2 Å². The number of aromatic nitrogens is 1. The molecule has 0 radical (unpaired) electrons. The fourth-order valence-corrected chi connectivity index (χ4v) is 5.73. The molecule has 1 heterocycles. The normalized spacial score (nSPS) is 13.8. The largest absolute Gasteiger partial charge is 0.353 e. The Balaban J connectivity index is 1.11. The predicted octanol–water partition coefficient (Wildman–Crippen LogP) is 8.44. The van der Waals surface area contributed by atoms with Gasteiger partial charge in [0.25, 0.3) is 0 Å². The van der Waals surface area contributed by atoms with E-state index in [1.54, 1.807) is 0 Å². The SMILES string of the molecule is CC(=Nc1ccc2c(c1)Cc1ccccc1-2)c1ccc(C(C)=Nc2ccc3c(c2)Cc2ccccc2-3)[nH]1. The molecule has 3 heteroatoms. The maximum atomic E-state index is 4.93. The highest BCUT2D eigenvalue weighted by molar-refractivity contribution is 6.03. The van der Waals surface area contributed by atoms with Crippen LogP contribution in [0.25, 0.3) is 22.3 Å². The Labute approximate surface area is 217 Å². The van der Waals surface area contributed by atoms with E-state index in [0.717, 1.165) is 47.0 Å². The number of H-pyrrole nitrogens is 1. The van der Waals surface area contributed by atoms with Gasteiger partial charge in [-0.15, -0.1) is 0 Å². The lowest BCUT2D eigenvalue weighted by Gasteiger charge is -2.04. The molecule has 5 aromatic rings. The van der Waals surface area contributed by atoms with Gasteiger partial charge in [0.15, 0.2) is 0 Å². The van der Waals surface area contributed by atoms with Crippen LogP contribution in [0.15, 0.2) is 107 Å². The van der Waals surface area contributed by atoms with Crippen molar-refractivity contribution in [2.24, 2.45) is 9.98 Å². The number of fused-ring (bicyclic) bond motifs is 6. The van der Waals surface area contributed by atoms with Crippen molar-refractivity contribution in [1.29, 1.82) is 0 Å². The van der Waals surface area contributed by atoms with Crippen LogP contribution in [0.2, 0.25) is 0 Å². The van der Waals surface area contributed by atoms with E-state index in [-0.39, 0.29) is 0 Å². The maximum Gasteiger partial charge on any atom is 0.0637 e. The summed E-state index contributed by atoms with van der Waals surface area (Å²) in [7, 11) is 0. The highest BCUT2D eigenvalue weighted by Gasteiger charge is 2.19. The topological polar surface area (TPSA) is 40.5 Å². The molecule has 0 aliphatic heterocycles. The lowest BCUT2D eigenvalue weighted by atomic mass is 10.1. The molecule has 0 saturated carbocycles. The van der Waals surface area contributed by atoms with Crippen LogP contribution < -0.4 is 0 Å². The standard InChI is InChI=1S/C34H27N3/c1-21(35-27-11-13-31-25(19-27)17-23-7-3-5-9-29(23)31)33-15-16-34(37-33)22(2)36-28-12-14-32-26(20-28)18-24-8-4-6-10-30(24)32/h3-16,19-20,37H,17-18H2,1-2H3. The molecule has 4 aromatic carbocycles. The van der Waals surface area contributed by atoms with Crippen LogP contribution in [0.3, 0.4) is 0 Å². The van der Waals surface area contributed by atoms with Crippen LogP contribution in [0.5, 0.6) is 0 Å². The Morgan fingerprint density at radius 3 is 1.43 bits per heavy atom. The molecule has 0 spiro atoms. The van der Waals surface area contributed by atoms with E-state index in [1.165, 1.54) is 44.5 Å². The zero-order valence-corrected chi connectivity index (χ0v) is 21.0. The van der Waals surface area contributed by atoms with Crippen molar-refractivity contribution in [3.05, 3.63) is 131 Å². The summed E-state index contributed by atoms with van der Waals surface area (Å²) >= 11 is 0. The number of aromatic amines is 1. The van der Waals surface area contributed by atoms with Gasteiger partial charge in [-0.2, -0.15) is 0 Å². The second kappa shape index (κ2) is 8.56. The van der Waals surface area contributed by atoms with Crippen LogP contribution >= 0.6 is 0 Å². The second-order valence-corrected chi connectivity index (χ2v) is 10.0. The molecule has 2 aliphatic rings. The Bertz CT molecular complexity index is 1620. The summed E-state index contributed by atoms with van der Waals surface area (Å²) in [6.07, 6.45) is 1.95. The lowest BCUT2D eigenvalue weighted by Crippen LogP contribution is -1.99. The highest BCUT2D eigenvalue weighted by atomic mass is 14.8. The Kier molecular flexibility index (Phi) is 5.03. The molecule has 1 aromatic heterocycles. The highest BCUT2D eigenvalue weighted by Crippen LogP contribution is 2.39. The number of rotatable bonds is 4. The molecule has 0 bridgehead atoms. The first-order valence-electron chi connectivity index (χ1n) is 12.9. The quantitative estimate of drug-likeness (QED) is 0.247. The average Bonchev–Trinajstić information content (AvgIpc) is 3.63. The fourth-order valence-electron chi connectivity index (χ4n) is 5.73. The third-order valence-corrected chi connectivity index (χ3v) is 7.61. The van der Waals surface area contributed by atoms with E-state index in [9.17, 15) is 0 Å². The van der Waals surface area contributed by atoms with Gasteiger partial charge in [-0.25, -0.2) is 0 Å². The van der Waals surface area contributed by atoms with Crippen molar-refractivity contribution in [3.63, 3.8) is 0 Å². The van der Waals surface area contributed by atoms with E-state index in [0.29, 0.717) is 0 Å². The van der Waals surface area contributed by atoms with Crippen molar-refractivity contribution in [3.8, 4) is 22.3 Å². The van der Waals surface area contributed by atoms with Crippen molar-refractivity contribution in [2.45, 2.75) is 26.7 Å². The molecule has 7 rings (SSSR count). The van der Waals surface area contributed by atoms with Gasteiger partial charge in [-0.05, 0) is 108 Å². The van der Waals surface area contributed by atoms with Gasteiger partial charge in [0, 0.05) is 0 Å². The van der Waals surface area contributed by atoms with Crippen molar-refractivity contribution < 1.29 is 0 Å². The zero-order valence-electron chi connectivity index (χ0n) is 21.0. The fraction of sp³-hybridized carbons (Fsp3) is 0.118. The maximum absolute atomic E-state index is 4.93. The Hall–Kier alpha value is -4.50. The van der Waals surface area contributed by atoms with Crippen LogP contribution in [-0.2, 0) is 12.8 Å². The summed E-state index contributed by atoms with van der Waals surface area (Å²) in [4.78, 5) is 13.4. The van der Waals surface area contributed by atoms with Crippen LogP contribution in [0.4, 0.5) is 11.4 Å². The molecule has 37 heavy (non-hydrogen) atoms. The molecular weight excluding hydrogens is 450 g/mol. The van der Waals surface area contributed by atoms with Gasteiger partial charge in [-0.3, -0.25) is 9.98 Å². The molecule has 0 atom stereocenters. The van der Waals surface area contributed by atoms with E-state index < -0.39 is 0 Å². The van der Waals surface area contributed by atoms with E-state index in [4.69, 9.17) is 9.98 Å². The minimum atomic E-state index is 0.963. The van der Waals surface area contributed by atoms with E-state index in [1.807, 2.05) is 0 Å².